The first kappa shape index (κ1) is 12.4. The van der Waals surface area contributed by atoms with E-state index in [4.69, 9.17) is 4.74 Å². The van der Waals surface area contributed by atoms with Gasteiger partial charge in [-0.05, 0) is 12.1 Å². The zero-order valence-corrected chi connectivity index (χ0v) is 9.14. The van der Waals surface area contributed by atoms with Gasteiger partial charge in [0.05, 0.1) is 11.5 Å². The third-order valence-electron chi connectivity index (χ3n) is 2.19. The van der Waals surface area contributed by atoms with Gasteiger partial charge >= 0.3 is 5.69 Å². The van der Waals surface area contributed by atoms with Gasteiger partial charge in [0.2, 0.25) is 5.82 Å². The molecule has 5 nitrogen and oxygen atoms in total. The number of nitro benzene ring substituents is 1. The Morgan fingerprint density at radius 2 is 2.25 bits per heavy atom. The Bertz CT molecular complexity index is 384. The molecule has 0 unspecified atom stereocenters. The summed E-state index contributed by atoms with van der Waals surface area (Å²) in [6.45, 7) is 0.880. The van der Waals surface area contributed by atoms with Gasteiger partial charge in [-0.2, -0.15) is 4.39 Å². The fourth-order valence-electron chi connectivity index (χ4n) is 1.34. The molecule has 16 heavy (non-hydrogen) atoms. The van der Waals surface area contributed by atoms with Crippen LogP contribution in [0.1, 0.15) is 0 Å². The number of hydrogen-bond acceptors (Lipinski definition) is 4. The number of anilines is 1. The summed E-state index contributed by atoms with van der Waals surface area (Å²) >= 11 is 0. The highest BCUT2D eigenvalue weighted by molar-refractivity contribution is 5.63. The summed E-state index contributed by atoms with van der Waals surface area (Å²) in [6, 6.07) is 4.03. The van der Waals surface area contributed by atoms with Gasteiger partial charge in [-0.3, -0.25) is 10.1 Å². The minimum atomic E-state index is -0.827. The van der Waals surface area contributed by atoms with Crippen LogP contribution < -0.4 is 4.90 Å². The Morgan fingerprint density at radius 1 is 1.56 bits per heavy atom. The van der Waals surface area contributed by atoms with Crippen molar-refractivity contribution in [2.75, 3.05) is 32.2 Å². The predicted molar refractivity (Wildman–Crippen MR) is 58.2 cm³/mol. The number of nitro groups is 1. The van der Waals surface area contributed by atoms with Crippen LogP contribution in [0.2, 0.25) is 0 Å². The van der Waals surface area contributed by atoms with Crippen molar-refractivity contribution in [2.45, 2.75) is 0 Å². The summed E-state index contributed by atoms with van der Waals surface area (Å²) in [5.74, 6) is -0.827. The molecule has 0 aliphatic heterocycles. The molecule has 0 aromatic heterocycles. The molecule has 88 valence electrons. The minimum absolute atomic E-state index is 0.252. The second-order valence-electron chi connectivity index (χ2n) is 3.28. The molecule has 0 atom stereocenters. The number of benzene rings is 1. The molecule has 0 fully saturated rings. The molecule has 0 bridgehead atoms. The van der Waals surface area contributed by atoms with Crippen LogP contribution in [0.4, 0.5) is 15.8 Å². The van der Waals surface area contributed by atoms with E-state index in [0.717, 1.165) is 6.07 Å². The average Bonchev–Trinajstić information content (AvgIpc) is 2.24. The smallest absolute Gasteiger partial charge is 0.327 e. The Kier molecular flexibility index (Phi) is 4.19. The number of likely N-dealkylation sites (N-methyl/N-ethyl adjacent to an activating group) is 1. The standard InChI is InChI=1S/C10H13FN2O3/c1-12(6-7-16-2)9-5-3-4-8(11)10(9)13(14)15/h3-5H,6-7H2,1-2H3. The zero-order chi connectivity index (χ0) is 12.1. The zero-order valence-electron chi connectivity index (χ0n) is 9.14. The van der Waals surface area contributed by atoms with Gasteiger partial charge in [-0.1, -0.05) is 6.07 Å². The summed E-state index contributed by atoms with van der Waals surface area (Å²) in [4.78, 5) is 11.6. The van der Waals surface area contributed by atoms with Crippen LogP contribution in [0.15, 0.2) is 18.2 Å². The Balaban J connectivity index is 3.02. The lowest BCUT2D eigenvalue weighted by atomic mass is 10.2. The molecular formula is C10H13FN2O3. The minimum Gasteiger partial charge on any atom is -0.383 e. The summed E-state index contributed by atoms with van der Waals surface area (Å²) in [5, 5.41) is 10.7. The third-order valence-corrected chi connectivity index (χ3v) is 2.19. The van der Waals surface area contributed by atoms with Crippen molar-refractivity contribution in [1.29, 1.82) is 0 Å². The number of hydrogen-bond donors (Lipinski definition) is 0. The molecule has 6 heteroatoms. The van der Waals surface area contributed by atoms with Crippen LogP contribution in [-0.4, -0.2) is 32.2 Å². The van der Waals surface area contributed by atoms with Crippen molar-refractivity contribution in [2.24, 2.45) is 0 Å². The number of rotatable bonds is 5. The van der Waals surface area contributed by atoms with Crippen LogP contribution in [0.25, 0.3) is 0 Å². The van der Waals surface area contributed by atoms with Gasteiger partial charge < -0.3 is 9.64 Å². The van der Waals surface area contributed by atoms with E-state index in [9.17, 15) is 14.5 Å². The van der Waals surface area contributed by atoms with E-state index in [2.05, 4.69) is 0 Å². The SMILES string of the molecule is COCCN(C)c1cccc(F)c1[N+](=O)[O-]. The molecule has 0 spiro atoms. The number of methoxy groups -OCH3 is 1. The third kappa shape index (κ3) is 2.66. The quantitative estimate of drug-likeness (QED) is 0.569. The molecule has 0 saturated heterocycles. The Hall–Kier alpha value is -1.69. The van der Waals surface area contributed by atoms with E-state index < -0.39 is 16.4 Å². The normalized spacial score (nSPS) is 10.2. The fraction of sp³-hybridized carbons (Fsp3) is 0.400. The largest absolute Gasteiger partial charge is 0.383 e. The molecule has 0 heterocycles. The fourth-order valence-corrected chi connectivity index (χ4v) is 1.34. The highest BCUT2D eigenvalue weighted by Crippen LogP contribution is 2.29. The molecule has 0 saturated carbocycles. The first-order chi connectivity index (χ1) is 7.57. The van der Waals surface area contributed by atoms with E-state index >= 15 is 0 Å². The number of nitrogens with zero attached hydrogens (tertiary/aromatic N) is 2. The molecule has 1 aromatic rings. The lowest BCUT2D eigenvalue weighted by molar-refractivity contribution is -0.386. The van der Waals surface area contributed by atoms with E-state index in [-0.39, 0.29) is 5.69 Å². The van der Waals surface area contributed by atoms with E-state index in [1.807, 2.05) is 0 Å². The maximum atomic E-state index is 13.3. The summed E-state index contributed by atoms with van der Waals surface area (Å²) < 4.78 is 18.1. The monoisotopic (exact) mass is 228 g/mol. The van der Waals surface area contributed by atoms with Gasteiger partial charge in [0.15, 0.2) is 0 Å². The van der Waals surface area contributed by atoms with Crippen molar-refractivity contribution in [3.8, 4) is 0 Å². The number of halogens is 1. The molecule has 0 aliphatic carbocycles. The lowest BCUT2D eigenvalue weighted by Crippen LogP contribution is -2.23. The molecular weight excluding hydrogens is 215 g/mol. The molecule has 0 aliphatic rings. The maximum Gasteiger partial charge on any atom is 0.327 e. The van der Waals surface area contributed by atoms with Gasteiger partial charge in [-0.15, -0.1) is 0 Å². The summed E-state index contributed by atoms with van der Waals surface area (Å²) in [5.41, 5.74) is -0.247. The predicted octanol–water partition coefficient (Wildman–Crippen LogP) is 1.82. The second kappa shape index (κ2) is 5.41. The van der Waals surface area contributed by atoms with Crippen molar-refractivity contribution >= 4 is 11.4 Å². The van der Waals surface area contributed by atoms with Crippen molar-refractivity contribution in [3.63, 3.8) is 0 Å². The number of ether oxygens (including phenoxy) is 1. The highest BCUT2D eigenvalue weighted by Gasteiger charge is 2.21. The van der Waals surface area contributed by atoms with Crippen molar-refractivity contribution in [3.05, 3.63) is 34.1 Å². The van der Waals surface area contributed by atoms with Crippen LogP contribution >= 0.6 is 0 Å². The van der Waals surface area contributed by atoms with Gasteiger partial charge in [0.1, 0.15) is 5.69 Å². The first-order valence-corrected chi connectivity index (χ1v) is 4.71. The van der Waals surface area contributed by atoms with Crippen LogP contribution in [0.5, 0.6) is 0 Å². The first-order valence-electron chi connectivity index (χ1n) is 4.71. The molecule has 0 N–H and O–H groups in total. The van der Waals surface area contributed by atoms with Gasteiger partial charge in [0.25, 0.3) is 0 Å². The highest BCUT2D eigenvalue weighted by atomic mass is 19.1. The van der Waals surface area contributed by atoms with Crippen LogP contribution in [0.3, 0.4) is 0 Å². The summed E-state index contributed by atoms with van der Waals surface area (Å²) in [6.07, 6.45) is 0. The average molecular weight is 228 g/mol. The molecule has 0 amide bonds. The van der Waals surface area contributed by atoms with Crippen LogP contribution in [-0.2, 0) is 4.74 Å². The Morgan fingerprint density at radius 3 is 2.81 bits per heavy atom. The lowest BCUT2D eigenvalue weighted by Gasteiger charge is -2.18. The summed E-state index contributed by atoms with van der Waals surface area (Å²) in [7, 11) is 3.19. The number of para-hydroxylation sites is 1. The Labute approximate surface area is 92.6 Å². The van der Waals surface area contributed by atoms with Gasteiger partial charge in [0, 0.05) is 20.7 Å². The second-order valence-corrected chi connectivity index (χ2v) is 3.28. The maximum absolute atomic E-state index is 13.3. The van der Waals surface area contributed by atoms with Crippen molar-refractivity contribution < 1.29 is 14.1 Å². The van der Waals surface area contributed by atoms with E-state index in [0.29, 0.717) is 13.2 Å². The van der Waals surface area contributed by atoms with E-state index in [1.54, 1.807) is 11.9 Å². The molecule has 1 aromatic carbocycles. The van der Waals surface area contributed by atoms with Gasteiger partial charge in [-0.25, -0.2) is 0 Å². The molecule has 1 rings (SSSR count). The van der Waals surface area contributed by atoms with Crippen LogP contribution in [0, 0.1) is 15.9 Å². The van der Waals surface area contributed by atoms with E-state index in [1.165, 1.54) is 19.2 Å². The topological polar surface area (TPSA) is 55.6 Å². The van der Waals surface area contributed by atoms with Crippen molar-refractivity contribution in [1.82, 2.24) is 0 Å². The molecule has 0 radical (unpaired) electrons.